The largest absolute Gasteiger partial charge is 0.440 e. The van der Waals surface area contributed by atoms with Crippen molar-refractivity contribution in [2.75, 3.05) is 0 Å². The molecule has 0 aliphatic carbocycles. The maximum absolute atomic E-state index is 5.55. The zero-order chi connectivity index (χ0) is 9.42. The molecule has 2 nitrogen and oxygen atoms in total. The molecule has 0 bridgehead atoms. The SMILES string of the molecule is CC(C)c1nc2cc(Br)ccc2o1. The van der Waals surface area contributed by atoms with Crippen molar-refractivity contribution in [2.24, 2.45) is 0 Å². The Balaban J connectivity index is 2.62. The van der Waals surface area contributed by atoms with Crippen LogP contribution in [0, 0.1) is 0 Å². The minimum atomic E-state index is 0.339. The summed E-state index contributed by atoms with van der Waals surface area (Å²) in [6.45, 7) is 4.14. The molecule has 13 heavy (non-hydrogen) atoms. The third-order valence-electron chi connectivity index (χ3n) is 1.86. The van der Waals surface area contributed by atoms with Crippen LogP contribution in [0.15, 0.2) is 27.1 Å². The molecule has 2 aromatic rings. The molecule has 2 rings (SSSR count). The number of halogens is 1. The average molecular weight is 240 g/mol. The lowest BCUT2D eigenvalue weighted by Crippen LogP contribution is -1.84. The van der Waals surface area contributed by atoms with Gasteiger partial charge in [-0.3, -0.25) is 0 Å². The molecule has 0 unspecified atom stereocenters. The van der Waals surface area contributed by atoms with E-state index in [9.17, 15) is 0 Å². The van der Waals surface area contributed by atoms with Crippen molar-refractivity contribution < 1.29 is 4.42 Å². The summed E-state index contributed by atoms with van der Waals surface area (Å²) in [5.41, 5.74) is 1.77. The number of aromatic nitrogens is 1. The molecular weight excluding hydrogens is 230 g/mol. The Morgan fingerprint density at radius 1 is 1.38 bits per heavy atom. The van der Waals surface area contributed by atoms with Crippen LogP contribution in [0.3, 0.4) is 0 Å². The van der Waals surface area contributed by atoms with Gasteiger partial charge in [0, 0.05) is 10.4 Å². The first-order valence-electron chi connectivity index (χ1n) is 4.23. The number of hydrogen-bond donors (Lipinski definition) is 0. The molecule has 0 amide bonds. The fourth-order valence-electron chi connectivity index (χ4n) is 1.17. The molecule has 68 valence electrons. The molecule has 0 radical (unpaired) electrons. The average Bonchev–Trinajstić information content (AvgIpc) is 2.46. The first-order valence-corrected chi connectivity index (χ1v) is 5.02. The number of oxazole rings is 1. The van der Waals surface area contributed by atoms with Crippen LogP contribution in [0.25, 0.3) is 11.1 Å². The van der Waals surface area contributed by atoms with Crippen LogP contribution in [0.4, 0.5) is 0 Å². The van der Waals surface area contributed by atoms with Gasteiger partial charge in [0.25, 0.3) is 0 Å². The Hall–Kier alpha value is -0.830. The molecule has 0 saturated carbocycles. The zero-order valence-electron chi connectivity index (χ0n) is 7.54. The molecule has 1 heterocycles. The second-order valence-electron chi connectivity index (χ2n) is 3.32. The van der Waals surface area contributed by atoms with E-state index < -0.39 is 0 Å². The molecule has 0 N–H and O–H groups in total. The van der Waals surface area contributed by atoms with Gasteiger partial charge in [0.15, 0.2) is 11.5 Å². The van der Waals surface area contributed by atoms with Crippen LogP contribution in [0.1, 0.15) is 25.7 Å². The van der Waals surface area contributed by atoms with Crippen LogP contribution < -0.4 is 0 Å². The van der Waals surface area contributed by atoms with Crippen molar-refractivity contribution in [3.8, 4) is 0 Å². The summed E-state index contributed by atoms with van der Waals surface area (Å²) in [6.07, 6.45) is 0. The highest BCUT2D eigenvalue weighted by Crippen LogP contribution is 2.23. The number of rotatable bonds is 1. The maximum atomic E-state index is 5.55. The Morgan fingerprint density at radius 2 is 2.15 bits per heavy atom. The summed E-state index contributed by atoms with van der Waals surface area (Å²) in [4.78, 5) is 4.38. The van der Waals surface area contributed by atoms with Crippen molar-refractivity contribution in [1.82, 2.24) is 4.98 Å². The van der Waals surface area contributed by atoms with Gasteiger partial charge in [-0.2, -0.15) is 0 Å². The molecule has 0 atom stereocenters. The van der Waals surface area contributed by atoms with Gasteiger partial charge >= 0.3 is 0 Å². The minimum absolute atomic E-state index is 0.339. The van der Waals surface area contributed by atoms with Crippen LogP contribution >= 0.6 is 15.9 Å². The minimum Gasteiger partial charge on any atom is -0.440 e. The first kappa shape index (κ1) is 8.75. The zero-order valence-corrected chi connectivity index (χ0v) is 9.13. The number of fused-ring (bicyclic) bond motifs is 1. The highest BCUT2D eigenvalue weighted by molar-refractivity contribution is 9.10. The maximum Gasteiger partial charge on any atom is 0.198 e. The highest BCUT2D eigenvalue weighted by atomic mass is 79.9. The van der Waals surface area contributed by atoms with Gasteiger partial charge in [-0.15, -0.1) is 0 Å². The third-order valence-corrected chi connectivity index (χ3v) is 2.35. The summed E-state index contributed by atoms with van der Waals surface area (Å²) < 4.78 is 6.58. The molecule has 0 aliphatic heterocycles. The lowest BCUT2D eigenvalue weighted by atomic mass is 10.2. The summed E-state index contributed by atoms with van der Waals surface area (Å²) in [7, 11) is 0. The van der Waals surface area contributed by atoms with Gasteiger partial charge in [0.05, 0.1) is 0 Å². The van der Waals surface area contributed by atoms with E-state index in [0.29, 0.717) is 5.92 Å². The van der Waals surface area contributed by atoms with E-state index in [1.54, 1.807) is 0 Å². The summed E-state index contributed by atoms with van der Waals surface area (Å²) in [5, 5.41) is 0. The van der Waals surface area contributed by atoms with Crippen LogP contribution in [0.2, 0.25) is 0 Å². The molecule has 0 saturated heterocycles. The predicted octanol–water partition coefficient (Wildman–Crippen LogP) is 3.71. The second kappa shape index (κ2) is 3.14. The van der Waals surface area contributed by atoms with Gasteiger partial charge in [0.1, 0.15) is 5.52 Å². The normalized spacial score (nSPS) is 11.4. The van der Waals surface area contributed by atoms with Gasteiger partial charge in [-0.1, -0.05) is 29.8 Å². The smallest absolute Gasteiger partial charge is 0.198 e. The fourth-order valence-corrected chi connectivity index (χ4v) is 1.51. The molecule has 0 spiro atoms. The standard InChI is InChI=1S/C10H10BrNO/c1-6(2)10-12-8-5-7(11)3-4-9(8)13-10/h3-6H,1-2H3. The van der Waals surface area contributed by atoms with E-state index in [-0.39, 0.29) is 0 Å². The van der Waals surface area contributed by atoms with Gasteiger partial charge in [0.2, 0.25) is 0 Å². The Kier molecular flexibility index (Phi) is 2.12. The first-order chi connectivity index (χ1) is 6.16. The quantitative estimate of drug-likeness (QED) is 0.759. The Bertz CT molecular complexity index is 433. The van der Waals surface area contributed by atoms with Crippen molar-refractivity contribution in [2.45, 2.75) is 19.8 Å². The Labute approximate surface area is 85.1 Å². The number of hydrogen-bond acceptors (Lipinski definition) is 2. The third kappa shape index (κ3) is 1.61. The van der Waals surface area contributed by atoms with E-state index in [4.69, 9.17) is 4.42 Å². The molecule has 3 heteroatoms. The van der Waals surface area contributed by atoms with E-state index in [1.807, 2.05) is 18.2 Å². The Morgan fingerprint density at radius 3 is 2.85 bits per heavy atom. The summed E-state index contributed by atoms with van der Waals surface area (Å²) in [6, 6.07) is 5.85. The van der Waals surface area contributed by atoms with E-state index in [2.05, 4.69) is 34.8 Å². The van der Waals surface area contributed by atoms with Gasteiger partial charge in [-0.25, -0.2) is 4.98 Å². The molecule has 0 fully saturated rings. The highest BCUT2D eigenvalue weighted by Gasteiger charge is 2.08. The number of nitrogens with zero attached hydrogens (tertiary/aromatic N) is 1. The van der Waals surface area contributed by atoms with Gasteiger partial charge < -0.3 is 4.42 Å². The van der Waals surface area contributed by atoms with Crippen LogP contribution in [-0.4, -0.2) is 4.98 Å². The lowest BCUT2D eigenvalue weighted by molar-refractivity contribution is 0.501. The van der Waals surface area contributed by atoms with Crippen molar-refractivity contribution in [3.05, 3.63) is 28.6 Å². The molecule has 1 aromatic carbocycles. The lowest BCUT2D eigenvalue weighted by Gasteiger charge is -1.93. The monoisotopic (exact) mass is 239 g/mol. The van der Waals surface area contributed by atoms with Gasteiger partial charge in [-0.05, 0) is 18.2 Å². The topological polar surface area (TPSA) is 26.0 Å². The van der Waals surface area contributed by atoms with Crippen molar-refractivity contribution in [1.29, 1.82) is 0 Å². The van der Waals surface area contributed by atoms with E-state index >= 15 is 0 Å². The van der Waals surface area contributed by atoms with E-state index in [0.717, 1.165) is 21.5 Å². The molecular formula is C10H10BrNO. The fraction of sp³-hybridized carbons (Fsp3) is 0.300. The van der Waals surface area contributed by atoms with Crippen LogP contribution in [0.5, 0.6) is 0 Å². The molecule has 0 aliphatic rings. The van der Waals surface area contributed by atoms with Crippen molar-refractivity contribution >= 4 is 27.0 Å². The molecule has 1 aromatic heterocycles. The number of benzene rings is 1. The van der Waals surface area contributed by atoms with Crippen molar-refractivity contribution in [3.63, 3.8) is 0 Å². The van der Waals surface area contributed by atoms with E-state index in [1.165, 1.54) is 0 Å². The second-order valence-corrected chi connectivity index (χ2v) is 4.23. The summed E-state index contributed by atoms with van der Waals surface area (Å²) >= 11 is 3.40. The predicted molar refractivity (Wildman–Crippen MR) is 55.8 cm³/mol. The summed E-state index contributed by atoms with van der Waals surface area (Å²) in [5.74, 6) is 1.14. The van der Waals surface area contributed by atoms with Crippen LogP contribution in [-0.2, 0) is 0 Å².